The third-order valence-electron chi connectivity index (χ3n) is 3.49. The van der Waals surface area contributed by atoms with Gasteiger partial charge in [0, 0.05) is 19.2 Å². The first kappa shape index (κ1) is 17.6. The Bertz CT molecular complexity index is 690. The highest BCUT2D eigenvalue weighted by Crippen LogP contribution is 2.26. The van der Waals surface area contributed by atoms with Gasteiger partial charge < -0.3 is 20.5 Å². The van der Waals surface area contributed by atoms with E-state index < -0.39 is 12.0 Å². The first-order chi connectivity index (χ1) is 11.6. The number of hydrogen-bond acceptors (Lipinski definition) is 5. The van der Waals surface area contributed by atoms with Crippen LogP contribution < -0.4 is 20.5 Å². The highest BCUT2D eigenvalue weighted by Gasteiger charge is 2.20. The van der Waals surface area contributed by atoms with Crippen molar-refractivity contribution in [1.29, 1.82) is 0 Å². The van der Waals surface area contributed by atoms with Gasteiger partial charge in [0.15, 0.2) is 11.5 Å². The lowest BCUT2D eigenvalue weighted by Crippen LogP contribution is -2.35. The van der Waals surface area contributed by atoms with Crippen molar-refractivity contribution in [3.8, 4) is 11.5 Å². The zero-order valence-corrected chi connectivity index (χ0v) is 13.7. The second-order valence-corrected chi connectivity index (χ2v) is 5.27. The molecular formula is C19H22N2O3. The second kappa shape index (κ2) is 8.74. The number of allylic oxidation sites excluding steroid dienone is 4. The van der Waals surface area contributed by atoms with E-state index >= 15 is 0 Å². The number of carbonyl (C=O) groups excluding carboxylic acids is 1. The summed E-state index contributed by atoms with van der Waals surface area (Å²) in [5.41, 5.74) is 7.68. The molecule has 1 aromatic rings. The lowest BCUT2D eigenvalue weighted by molar-refractivity contribution is -0.135. The smallest absolute Gasteiger partial charge is 0.328 e. The van der Waals surface area contributed by atoms with Crippen LogP contribution in [-0.4, -0.2) is 25.7 Å². The van der Waals surface area contributed by atoms with Gasteiger partial charge in [-0.15, -0.1) is 0 Å². The number of ether oxygens (including phenoxy) is 2. The fraction of sp³-hybridized carbons (Fsp3) is 0.211. The van der Waals surface area contributed by atoms with E-state index in [4.69, 9.17) is 15.2 Å². The molecule has 0 radical (unpaired) electrons. The van der Waals surface area contributed by atoms with Crippen molar-refractivity contribution < 1.29 is 14.3 Å². The number of para-hydroxylation sites is 2. The molecule has 1 aromatic carbocycles. The third-order valence-corrected chi connectivity index (χ3v) is 3.49. The SMILES string of the molecule is C=C1/C=C\C=C/CNC=C1CC(N)C(=O)Oc1ccccc1OC. The number of nitrogens with one attached hydrogen (secondary N) is 1. The summed E-state index contributed by atoms with van der Waals surface area (Å²) >= 11 is 0. The molecule has 24 heavy (non-hydrogen) atoms. The summed E-state index contributed by atoms with van der Waals surface area (Å²) in [6.07, 6.45) is 9.86. The Morgan fingerprint density at radius 3 is 2.83 bits per heavy atom. The van der Waals surface area contributed by atoms with Gasteiger partial charge in [0.25, 0.3) is 0 Å². The van der Waals surface area contributed by atoms with Crippen molar-refractivity contribution in [2.24, 2.45) is 5.73 Å². The predicted octanol–water partition coefficient (Wildman–Crippen LogP) is 2.47. The molecule has 0 saturated carbocycles. The van der Waals surface area contributed by atoms with Crippen LogP contribution in [0, 0.1) is 0 Å². The molecule has 0 amide bonds. The zero-order chi connectivity index (χ0) is 17.4. The van der Waals surface area contributed by atoms with E-state index in [2.05, 4.69) is 11.9 Å². The molecule has 5 heteroatoms. The van der Waals surface area contributed by atoms with E-state index in [9.17, 15) is 4.79 Å². The number of carbonyl (C=O) groups is 1. The van der Waals surface area contributed by atoms with Crippen LogP contribution in [0.4, 0.5) is 0 Å². The summed E-state index contributed by atoms with van der Waals surface area (Å²) in [6.45, 7) is 4.70. The molecular weight excluding hydrogens is 304 g/mol. The first-order valence-electron chi connectivity index (χ1n) is 7.67. The Balaban J connectivity index is 2.04. The van der Waals surface area contributed by atoms with E-state index in [0.717, 1.165) is 11.1 Å². The summed E-state index contributed by atoms with van der Waals surface area (Å²) in [7, 11) is 1.52. The standard InChI is InChI=1S/C19H22N2O3/c1-14-8-4-3-7-11-21-13-15(14)12-16(20)19(22)24-18-10-6-5-9-17(18)23-2/h3-10,13,16,21H,1,11-12,20H2,2H3/b7-3-,8-4-,15-13?. The van der Waals surface area contributed by atoms with Crippen LogP contribution in [-0.2, 0) is 4.79 Å². The first-order valence-corrected chi connectivity index (χ1v) is 7.67. The molecule has 0 aromatic heterocycles. The summed E-state index contributed by atoms with van der Waals surface area (Å²) in [6, 6.07) is 6.15. The zero-order valence-electron chi connectivity index (χ0n) is 13.7. The molecule has 3 N–H and O–H groups in total. The van der Waals surface area contributed by atoms with Gasteiger partial charge in [-0.3, -0.25) is 0 Å². The molecule has 0 bridgehead atoms. The Morgan fingerprint density at radius 2 is 2.08 bits per heavy atom. The lowest BCUT2D eigenvalue weighted by atomic mass is 10.0. The molecule has 0 spiro atoms. The minimum Gasteiger partial charge on any atom is -0.493 e. The maximum absolute atomic E-state index is 12.3. The van der Waals surface area contributed by atoms with Crippen LogP contribution in [0.25, 0.3) is 0 Å². The number of hydrogen-bond donors (Lipinski definition) is 2. The summed E-state index contributed by atoms with van der Waals surface area (Å²) in [4.78, 5) is 12.3. The summed E-state index contributed by atoms with van der Waals surface area (Å²) < 4.78 is 10.5. The number of methoxy groups -OCH3 is 1. The maximum Gasteiger partial charge on any atom is 0.328 e. The molecule has 2 rings (SSSR count). The van der Waals surface area contributed by atoms with Gasteiger partial charge in [-0.05, 0) is 23.3 Å². The second-order valence-electron chi connectivity index (χ2n) is 5.27. The highest BCUT2D eigenvalue weighted by molar-refractivity contribution is 5.79. The van der Waals surface area contributed by atoms with Gasteiger partial charge in [-0.1, -0.05) is 43.0 Å². The van der Waals surface area contributed by atoms with Crippen molar-refractivity contribution in [1.82, 2.24) is 5.32 Å². The predicted molar refractivity (Wildman–Crippen MR) is 94.7 cm³/mol. The van der Waals surface area contributed by atoms with E-state index in [0.29, 0.717) is 24.5 Å². The molecule has 0 fully saturated rings. The van der Waals surface area contributed by atoms with E-state index in [-0.39, 0.29) is 0 Å². The minimum atomic E-state index is -0.804. The monoisotopic (exact) mass is 326 g/mol. The Kier molecular flexibility index (Phi) is 6.40. The topological polar surface area (TPSA) is 73.6 Å². The average molecular weight is 326 g/mol. The fourth-order valence-corrected chi connectivity index (χ4v) is 2.17. The third kappa shape index (κ3) is 4.86. The van der Waals surface area contributed by atoms with Crippen LogP contribution >= 0.6 is 0 Å². The van der Waals surface area contributed by atoms with Crippen molar-refractivity contribution >= 4 is 5.97 Å². The van der Waals surface area contributed by atoms with E-state index in [1.54, 1.807) is 24.3 Å². The van der Waals surface area contributed by atoms with Gasteiger partial charge in [0.2, 0.25) is 0 Å². The van der Waals surface area contributed by atoms with Crippen LogP contribution in [0.5, 0.6) is 11.5 Å². The van der Waals surface area contributed by atoms with Gasteiger partial charge >= 0.3 is 5.97 Å². The fourth-order valence-electron chi connectivity index (χ4n) is 2.17. The number of benzene rings is 1. The van der Waals surface area contributed by atoms with Crippen molar-refractivity contribution in [2.75, 3.05) is 13.7 Å². The molecule has 5 nitrogen and oxygen atoms in total. The number of esters is 1. The van der Waals surface area contributed by atoms with Gasteiger partial charge in [0.1, 0.15) is 6.04 Å². The van der Waals surface area contributed by atoms with Crippen molar-refractivity contribution in [3.05, 3.63) is 72.5 Å². The summed E-state index contributed by atoms with van der Waals surface area (Å²) in [5, 5.41) is 3.14. The molecule has 1 aliphatic rings. The van der Waals surface area contributed by atoms with Crippen LogP contribution in [0.1, 0.15) is 6.42 Å². The quantitative estimate of drug-likeness (QED) is 0.642. The van der Waals surface area contributed by atoms with Crippen molar-refractivity contribution in [3.63, 3.8) is 0 Å². The number of nitrogens with two attached hydrogens (primary N) is 1. The van der Waals surface area contributed by atoms with E-state index in [1.165, 1.54) is 7.11 Å². The molecule has 0 saturated heterocycles. The molecule has 1 unspecified atom stereocenters. The van der Waals surface area contributed by atoms with Crippen molar-refractivity contribution in [2.45, 2.75) is 12.5 Å². The van der Waals surface area contributed by atoms with E-state index in [1.807, 2.05) is 30.5 Å². The van der Waals surface area contributed by atoms with Gasteiger partial charge in [-0.25, -0.2) is 4.79 Å². The summed E-state index contributed by atoms with van der Waals surface area (Å²) in [5.74, 6) is 0.319. The molecule has 1 atom stereocenters. The maximum atomic E-state index is 12.3. The number of rotatable bonds is 5. The Hall–Kier alpha value is -2.79. The van der Waals surface area contributed by atoms with Crippen LogP contribution in [0.15, 0.2) is 72.5 Å². The largest absolute Gasteiger partial charge is 0.493 e. The normalized spacial score (nSPS) is 18.1. The van der Waals surface area contributed by atoms with Crippen LogP contribution in [0.3, 0.4) is 0 Å². The van der Waals surface area contributed by atoms with Gasteiger partial charge in [-0.2, -0.15) is 0 Å². The molecule has 126 valence electrons. The molecule has 0 aliphatic carbocycles. The minimum absolute atomic E-state index is 0.324. The lowest BCUT2D eigenvalue weighted by Gasteiger charge is -2.15. The molecule has 1 aliphatic heterocycles. The average Bonchev–Trinajstić information content (AvgIpc) is 2.68. The van der Waals surface area contributed by atoms with Gasteiger partial charge in [0.05, 0.1) is 7.11 Å². The van der Waals surface area contributed by atoms with Crippen LogP contribution in [0.2, 0.25) is 0 Å². The molecule has 1 heterocycles. The Labute approximate surface area is 142 Å². The highest BCUT2D eigenvalue weighted by atomic mass is 16.6. The Morgan fingerprint density at radius 1 is 1.33 bits per heavy atom.